The van der Waals surface area contributed by atoms with E-state index < -0.39 is 0 Å². The van der Waals surface area contributed by atoms with Crippen LogP contribution in [0.4, 0.5) is 0 Å². The van der Waals surface area contributed by atoms with E-state index in [1.54, 1.807) is 11.1 Å². The molecule has 1 atom stereocenters. The summed E-state index contributed by atoms with van der Waals surface area (Å²) in [7, 11) is 0. The maximum Gasteiger partial charge on any atom is 0.0379 e. The Morgan fingerprint density at radius 3 is 2.80 bits per heavy atom. The van der Waals surface area contributed by atoms with Crippen LogP contribution in [0.5, 0.6) is 0 Å². The van der Waals surface area contributed by atoms with Gasteiger partial charge in [0.25, 0.3) is 0 Å². The highest BCUT2D eigenvalue weighted by atomic mass is 15.2. The van der Waals surface area contributed by atoms with Gasteiger partial charge in [0.05, 0.1) is 0 Å². The average molecular weight is 201 g/mol. The summed E-state index contributed by atoms with van der Waals surface area (Å²) in [5, 5.41) is 0. The average Bonchev–Trinajstić information content (AvgIpc) is 3.11. The predicted molar refractivity (Wildman–Crippen MR) is 62.9 cm³/mol. The lowest BCUT2D eigenvalue weighted by molar-refractivity contribution is 0.174. The lowest BCUT2D eigenvalue weighted by Gasteiger charge is -2.37. The molecule has 1 saturated carbocycles. The molecule has 1 aromatic carbocycles. The first-order valence-electron chi connectivity index (χ1n) is 6.22. The van der Waals surface area contributed by atoms with E-state index >= 15 is 0 Å². The van der Waals surface area contributed by atoms with Gasteiger partial charge >= 0.3 is 0 Å². The Morgan fingerprint density at radius 2 is 2.07 bits per heavy atom. The Bertz CT molecular complexity index is 354. The third kappa shape index (κ3) is 1.59. The van der Waals surface area contributed by atoms with E-state index in [1.165, 1.54) is 32.4 Å². The van der Waals surface area contributed by atoms with Gasteiger partial charge in [-0.15, -0.1) is 0 Å². The molecule has 1 fully saturated rings. The van der Waals surface area contributed by atoms with Crippen LogP contribution >= 0.6 is 0 Å². The number of benzene rings is 1. The van der Waals surface area contributed by atoms with Crippen molar-refractivity contribution in [2.24, 2.45) is 5.92 Å². The van der Waals surface area contributed by atoms with Gasteiger partial charge in [-0.25, -0.2) is 0 Å². The Hall–Kier alpha value is -0.820. The molecule has 1 aliphatic heterocycles. The van der Waals surface area contributed by atoms with Gasteiger partial charge in [-0.3, -0.25) is 4.90 Å². The van der Waals surface area contributed by atoms with Crippen molar-refractivity contribution in [1.29, 1.82) is 0 Å². The molecule has 1 heterocycles. The van der Waals surface area contributed by atoms with Gasteiger partial charge in [-0.1, -0.05) is 31.2 Å². The van der Waals surface area contributed by atoms with Crippen molar-refractivity contribution in [1.82, 2.24) is 4.90 Å². The van der Waals surface area contributed by atoms with Crippen molar-refractivity contribution < 1.29 is 0 Å². The smallest absolute Gasteiger partial charge is 0.0379 e. The van der Waals surface area contributed by atoms with Crippen LogP contribution in [0, 0.1) is 5.92 Å². The van der Waals surface area contributed by atoms with Crippen LogP contribution in [0.1, 0.15) is 36.9 Å². The molecule has 0 spiro atoms. The summed E-state index contributed by atoms with van der Waals surface area (Å²) >= 11 is 0. The number of nitrogens with zero attached hydrogens (tertiary/aromatic N) is 1. The van der Waals surface area contributed by atoms with Crippen LogP contribution < -0.4 is 0 Å². The first-order valence-corrected chi connectivity index (χ1v) is 6.22. The maximum atomic E-state index is 2.67. The van der Waals surface area contributed by atoms with Crippen LogP contribution in [-0.2, 0) is 6.42 Å². The third-order valence-electron chi connectivity index (χ3n) is 3.91. The van der Waals surface area contributed by atoms with Crippen molar-refractivity contribution in [3.05, 3.63) is 35.4 Å². The zero-order valence-electron chi connectivity index (χ0n) is 9.45. The third-order valence-corrected chi connectivity index (χ3v) is 3.91. The summed E-state index contributed by atoms with van der Waals surface area (Å²) < 4.78 is 0. The van der Waals surface area contributed by atoms with Gasteiger partial charge in [0, 0.05) is 12.6 Å². The molecule has 0 amide bonds. The van der Waals surface area contributed by atoms with Crippen LogP contribution in [0.2, 0.25) is 0 Å². The molecular weight excluding hydrogens is 182 g/mol. The fourth-order valence-corrected chi connectivity index (χ4v) is 2.97. The molecule has 3 rings (SSSR count). The van der Waals surface area contributed by atoms with Gasteiger partial charge in [0.2, 0.25) is 0 Å². The molecule has 0 N–H and O–H groups in total. The van der Waals surface area contributed by atoms with Crippen LogP contribution in [0.15, 0.2) is 24.3 Å². The van der Waals surface area contributed by atoms with E-state index in [1.807, 2.05) is 0 Å². The summed E-state index contributed by atoms with van der Waals surface area (Å²) in [5.41, 5.74) is 3.22. The Morgan fingerprint density at radius 1 is 1.27 bits per heavy atom. The van der Waals surface area contributed by atoms with Gasteiger partial charge in [-0.2, -0.15) is 0 Å². The summed E-state index contributed by atoms with van der Waals surface area (Å²) in [5.74, 6) is 0.950. The zero-order chi connectivity index (χ0) is 10.3. The van der Waals surface area contributed by atoms with Crippen molar-refractivity contribution in [3.63, 3.8) is 0 Å². The largest absolute Gasteiger partial charge is 0.296 e. The lowest BCUT2D eigenvalue weighted by atomic mass is 9.90. The minimum absolute atomic E-state index is 0.736. The summed E-state index contributed by atoms with van der Waals surface area (Å²) in [4.78, 5) is 2.67. The molecule has 80 valence electrons. The second kappa shape index (κ2) is 3.64. The molecule has 0 radical (unpaired) electrons. The van der Waals surface area contributed by atoms with Crippen LogP contribution in [-0.4, -0.2) is 18.0 Å². The molecular formula is C14H19N. The van der Waals surface area contributed by atoms with Gasteiger partial charge in [0.15, 0.2) is 0 Å². The van der Waals surface area contributed by atoms with Crippen LogP contribution in [0.3, 0.4) is 0 Å². The zero-order valence-corrected chi connectivity index (χ0v) is 9.45. The molecule has 0 bridgehead atoms. The molecule has 15 heavy (non-hydrogen) atoms. The SMILES string of the molecule is CCN1CCc2ccccc2C1C1CC1. The van der Waals surface area contributed by atoms with Crippen LogP contribution in [0.25, 0.3) is 0 Å². The van der Waals surface area contributed by atoms with Crippen molar-refractivity contribution >= 4 is 0 Å². The second-order valence-electron chi connectivity index (χ2n) is 4.86. The Labute approximate surface area is 92.1 Å². The van der Waals surface area contributed by atoms with E-state index in [9.17, 15) is 0 Å². The molecule has 2 aliphatic rings. The molecule has 1 heteroatoms. The fourth-order valence-electron chi connectivity index (χ4n) is 2.97. The monoisotopic (exact) mass is 201 g/mol. The second-order valence-corrected chi connectivity index (χ2v) is 4.86. The van der Waals surface area contributed by atoms with E-state index in [2.05, 4.69) is 36.1 Å². The van der Waals surface area contributed by atoms with E-state index in [0.29, 0.717) is 0 Å². The van der Waals surface area contributed by atoms with E-state index in [0.717, 1.165) is 12.0 Å². The van der Waals surface area contributed by atoms with Gasteiger partial charge < -0.3 is 0 Å². The number of hydrogen-bond acceptors (Lipinski definition) is 1. The molecule has 1 aliphatic carbocycles. The summed E-state index contributed by atoms with van der Waals surface area (Å²) in [6, 6.07) is 9.79. The van der Waals surface area contributed by atoms with Crippen molar-refractivity contribution in [2.75, 3.05) is 13.1 Å². The molecule has 1 aromatic rings. The topological polar surface area (TPSA) is 3.24 Å². The predicted octanol–water partition coefficient (Wildman–Crippen LogP) is 3.02. The summed E-state index contributed by atoms with van der Waals surface area (Å²) in [6.45, 7) is 4.76. The normalized spacial score (nSPS) is 26.3. The number of rotatable bonds is 2. The van der Waals surface area contributed by atoms with Gasteiger partial charge in [-0.05, 0) is 42.9 Å². The molecule has 0 aromatic heterocycles. The minimum atomic E-state index is 0.736. The highest BCUT2D eigenvalue weighted by molar-refractivity contribution is 5.33. The van der Waals surface area contributed by atoms with Gasteiger partial charge in [0.1, 0.15) is 0 Å². The Balaban J connectivity index is 1.99. The standard InChI is InChI=1S/C14H19N/c1-2-15-10-9-11-5-3-4-6-13(11)14(15)12-7-8-12/h3-6,12,14H,2,7-10H2,1H3. The number of likely N-dealkylation sites (N-methyl/N-ethyl adjacent to an activating group) is 1. The highest BCUT2D eigenvalue weighted by Crippen LogP contribution is 2.46. The molecule has 1 nitrogen and oxygen atoms in total. The number of fused-ring (bicyclic) bond motifs is 1. The summed E-state index contributed by atoms with van der Waals surface area (Å²) in [6.07, 6.45) is 4.12. The van der Waals surface area contributed by atoms with Crippen molar-refractivity contribution in [2.45, 2.75) is 32.2 Å². The number of hydrogen-bond donors (Lipinski definition) is 0. The first-order chi connectivity index (χ1) is 7.40. The van der Waals surface area contributed by atoms with Crippen molar-refractivity contribution in [3.8, 4) is 0 Å². The fraction of sp³-hybridized carbons (Fsp3) is 0.571. The minimum Gasteiger partial charge on any atom is -0.296 e. The molecule has 1 unspecified atom stereocenters. The van der Waals surface area contributed by atoms with E-state index in [4.69, 9.17) is 0 Å². The quantitative estimate of drug-likeness (QED) is 0.711. The lowest BCUT2D eigenvalue weighted by Crippen LogP contribution is -2.36. The Kier molecular flexibility index (Phi) is 2.28. The van der Waals surface area contributed by atoms with E-state index in [-0.39, 0.29) is 0 Å². The highest BCUT2D eigenvalue weighted by Gasteiger charge is 2.38. The first kappa shape index (κ1) is 9.41. The maximum absolute atomic E-state index is 2.67. The molecule has 0 saturated heterocycles.